The summed E-state index contributed by atoms with van der Waals surface area (Å²) in [5.41, 5.74) is 2.35. The molecule has 7 nitrogen and oxygen atoms in total. The van der Waals surface area contributed by atoms with Crippen molar-refractivity contribution in [2.45, 2.75) is 52.7 Å². The summed E-state index contributed by atoms with van der Waals surface area (Å²) >= 11 is 0. The van der Waals surface area contributed by atoms with E-state index in [0.29, 0.717) is 31.0 Å². The predicted molar refractivity (Wildman–Crippen MR) is 139 cm³/mol. The van der Waals surface area contributed by atoms with Gasteiger partial charge in [0.05, 0.1) is 24.3 Å². The van der Waals surface area contributed by atoms with Gasteiger partial charge < -0.3 is 24.4 Å². The van der Waals surface area contributed by atoms with Gasteiger partial charge in [0.15, 0.2) is 0 Å². The molecular weight excluding hydrogens is 456 g/mol. The number of rotatable bonds is 9. The Bertz CT molecular complexity index is 1150. The molecule has 0 radical (unpaired) electrons. The van der Waals surface area contributed by atoms with Crippen LogP contribution in [0.4, 0.5) is 0 Å². The molecule has 2 aromatic carbocycles. The number of hydrogen-bond donors (Lipinski definition) is 1. The van der Waals surface area contributed by atoms with Crippen LogP contribution in [0.5, 0.6) is 11.5 Å². The topological polar surface area (TPSA) is 79.3 Å². The molecule has 1 fully saturated rings. The molecule has 2 aromatic rings. The largest absolute Gasteiger partial charge is 0.507 e. The lowest BCUT2D eigenvalue weighted by molar-refractivity contribution is -0.140. The standard InChI is InChI=1S/C29H36N2O5/c1-5-30(6-2)14-15-31-26(21-9-7-11-23(18-21)36-19(3)4)25(28(33)29(31)34)27(32)22-12-13-24-20(17-22)10-8-16-35-24/h7,9,11-13,17-19,26,32H,5-6,8,10,14-16H2,1-4H3/b27-25-. The lowest BCUT2D eigenvalue weighted by Crippen LogP contribution is -2.38. The number of benzene rings is 2. The van der Waals surface area contributed by atoms with Crippen molar-refractivity contribution in [2.24, 2.45) is 0 Å². The van der Waals surface area contributed by atoms with Crippen LogP contribution in [0.1, 0.15) is 56.8 Å². The second kappa shape index (κ2) is 11.2. The Balaban J connectivity index is 1.80. The van der Waals surface area contributed by atoms with E-state index in [1.165, 1.54) is 0 Å². The number of ether oxygens (including phenoxy) is 2. The van der Waals surface area contributed by atoms with Crippen LogP contribution in [0, 0.1) is 0 Å². The molecule has 1 amide bonds. The van der Waals surface area contributed by atoms with Crippen LogP contribution in [0.3, 0.4) is 0 Å². The third kappa shape index (κ3) is 5.26. The van der Waals surface area contributed by atoms with Crippen molar-refractivity contribution in [1.29, 1.82) is 0 Å². The highest BCUT2D eigenvalue weighted by atomic mass is 16.5. The molecule has 2 aliphatic heterocycles. The van der Waals surface area contributed by atoms with E-state index in [2.05, 4.69) is 18.7 Å². The maximum Gasteiger partial charge on any atom is 0.295 e. The Kier molecular flexibility index (Phi) is 7.99. The first-order valence-electron chi connectivity index (χ1n) is 12.9. The molecule has 36 heavy (non-hydrogen) atoms. The molecule has 1 unspecified atom stereocenters. The number of carbonyl (C=O) groups is 2. The molecule has 0 spiro atoms. The number of amides is 1. The molecule has 2 aliphatic rings. The molecule has 7 heteroatoms. The van der Waals surface area contributed by atoms with Crippen LogP contribution in [0.2, 0.25) is 0 Å². The van der Waals surface area contributed by atoms with Gasteiger partial charge in [0.1, 0.15) is 17.3 Å². The monoisotopic (exact) mass is 492 g/mol. The lowest BCUT2D eigenvalue weighted by Gasteiger charge is -2.28. The maximum absolute atomic E-state index is 13.4. The first kappa shape index (κ1) is 25.8. The number of likely N-dealkylation sites (N-methyl/N-ethyl adjacent to an activating group) is 1. The van der Waals surface area contributed by atoms with Gasteiger partial charge in [-0.25, -0.2) is 0 Å². The van der Waals surface area contributed by atoms with Crippen LogP contribution in [0.25, 0.3) is 5.76 Å². The molecule has 1 N–H and O–H groups in total. The zero-order valence-electron chi connectivity index (χ0n) is 21.6. The minimum Gasteiger partial charge on any atom is -0.507 e. The minimum atomic E-state index is -0.705. The van der Waals surface area contributed by atoms with Gasteiger partial charge in [-0.2, -0.15) is 0 Å². The summed E-state index contributed by atoms with van der Waals surface area (Å²) < 4.78 is 11.6. The number of aliphatic hydroxyl groups excluding tert-OH is 1. The van der Waals surface area contributed by atoms with Crippen LogP contribution in [0.15, 0.2) is 48.0 Å². The Labute approximate surface area is 213 Å². The average molecular weight is 493 g/mol. The van der Waals surface area contributed by atoms with E-state index in [4.69, 9.17) is 9.47 Å². The summed E-state index contributed by atoms with van der Waals surface area (Å²) in [6.07, 6.45) is 1.72. The number of carbonyl (C=O) groups excluding carboxylic acids is 2. The van der Waals surface area contributed by atoms with Crippen molar-refractivity contribution < 1.29 is 24.2 Å². The van der Waals surface area contributed by atoms with Crippen molar-refractivity contribution in [3.8, 4) is 11.5 Å². The molecule has 1 saturated heterocycles. The van der Waals surface area contributed by atoms with E-state index in [1.807, 2.05) is 50.2 Å². The highest BCUT2D eigenvalue weighted by molar-refractivity contribution is 6.46. The van der Waals surface area contributed by atoms with Crippen molar-refractivity contribution in [3.63, 3.8) is 0 Å². The maximum atomic E-state index is 13.4. The summed E-state index contributed by atoms with van der Waals surface area (Å²) in [7, 11) is 0. The highest BCUT2D eigenvalue weighted by Crippen LogP contribution is 2.41. The number of aryl methyl sites for hydroxylation is 1. The molecule has 192 valence electrons. The van der Waals surface area contributed by atoms with Gasteiger partial charge in [-0.3, -0.25) is 9.59 Å². The fraction of sp³-hybridized carbons (Fsp3) is 0.448. The molecular formula is C29H36N2O5. The van der Waals surface area contributed by atoms with Crippen molar-refractivity contribution >= 4 is 17.4 Å². The molecule has 0 aromatic heterocycles. The molecule has 0 bridgehead atoms. The van der Waals surface area contributed by atoms with Gasteiger partial charge in [-0.05, 0) is 81.2 Å². The van der Waals surface area contributed by atoms with Crippen molar-refractivity contribution in [1.82, 2.24) is 9.80 Å². The number of Topliss-reactive ketones (excluding diaryl/α,β-unsaturated/α-hetero) is 1. The Morgan fingerprint density at radius 3 is 2.67 bits per heavy atom. The Morgan fingerprint density at radius 1 is 1.17 bits per heavy atom. The van der Waals surface area contributed by atoms with Gasteiger partial charge in [-0.1, -0.05) is 26.0 Å². The van der Waals surface area contributed by atoms with E-state index < -0.39 is 17.7 Å². The van der Waals surface area contributed by atoms with Gasteiger partial charge in [0.25, 0.3) is 11.7 Å². The molecule has 0 saturated carbocycles. The summed E-state index contributed by atoms with van der Waals surface area (Å²) in [5, 5.41) is 11.4. The third-order valence-electron chi connectivity index (χ3n) is 6.82. The van der Waals surface area contributed by atoms with E-state index in [1.54, 1.807) is 11.0 Å². The van der Waals surface area contributed by atoms with Gasteiger partial charge in [-0.15, -0.1) is 0 Å². The summed E-state index contributed by atoms with van der Waals surface area (Å²) in [5.74, 6) is 0.0361. The van der Waals surface area contributed by atoms with E-state index >= 15 is 0 Å². The number of nitrogens with zero attached hydrogens (tertiary/aromatic N) is 2. The first-order chi connectivity index (χ1) is 17.3. The molecule has 4 rings (SSSR count). The third-order valence-corrected chi connectivity index (χ3v) is 6.82. The zero-order chi connectivity index (χ0) is 25.8. The van der Waals surface area contributed by atoms with Gasteiger partial charge >= 0.3 is 0 Å². The normalized spacial score (nSPS) is 19.1. The quantitative estimate of drug-likeness (QED) is 0.314. The van der Waals surface area contributed by atoms with E-state index in [9.17, 15) is 14.7 Å². The average Bonchev–Trinajstić information content (AvgIpc) is 3.13. The predicted octanol–water partition coefficient (Wildman–Crippen LogP) is 4.56. The smallest absolute Gasteiger partial charge is 0.295 e. The van der Waals surface area contributed by atoms with Crippen LogP contribution >= 0.6 is 0 Å². The van der Waals surface area contributed by atoms with Gasteiger partial charge in [0, 0.05) is 18.7 Å². The summed E-state index contributed by atoms with van der Waals surface area (Å²) in [6.45, 7) is 11.4. The number of ketones is 1. The molecule has 0 aliphatic carbocycles. The summed E-state index contributed by atoms with van der Waals surface area (Å²) in [4.78, 5) is 30.4. The fourth-order valence-electron chi connectivity index (χ4n) is 4.94. The Hall–Kier alpha value is -3.32. The van der Waals surface area contributed by atoms with Gasteiger partial charge in [0.2, 0.25) is 0 Å². The molecule has 1 atom stereocenters. The van der Waals surface area contributed by atoms with Crippen LogP contribution < -0.4 is 9.47 Å². The van der Waals surface area contributed by atoms with Crippen LogP contribution in [-0.2, 0) is 16.0 Å². The summed E-state index contributed by atoms with van der Waals surface area (Å²) in [6, 6.07) is 12.2. The zero-order valence-corrected chi connectivity index (χ0v) is 21.6. The number of fused-ring (bicyclic) bond motifs is 1. The fourth-order valence-corrected chi connectivity index (χ4v) is 4.94. The second-order valence-corrected chi connectivity index (χ2v) is 9.53. The second-order valence-electron chi connectivity index (χ2n) is 9.53. The SMILES string of the molecule is CCN(CC)CCN1C(=O)C(=O)/C(=C(\O)c2ccc3c(c2)CCCO3)C1c1cccc(OC(C)C)c1. The van der Waals surface area contributed by atoms with Crippen LogP contribution in [-0.4, -0.2) is 65.5 Å². The Morgan fingerprint density at radius 2 is 1.94 bits per heavy atom. The van der Waals surface area contributed by atoms with Crippen molar-refractivity contribution in [2.75, 3.05) is 32.8 Å². The first-order valence-corrected chi connectivity index (χ1v) is 12.9. The van der Waals surface area contributed by atoms with E-state index in [0.717, 1.165) is 42.8 Å². The number of likely N-dealkylation sites (tertiary alicyclic amines) is 1. The highest BCUT2D eigenvalue weighted by Gasteiger charge is 2.46. The van der Waals surface area contributed by atoms with E-state index in [-0.39, 0.29) is 17.4 Å². The molecule has 2 heterocycles. The number of hydrogen-bond acceptors (Lipinski definition) is 6. The minimum absolute atomic E-state index is 0.0213. The lowest BCUT2D eigenvalue weighted by atomic mass is 9.94. The number of aliphatic hydroxyl groups is 1. The van der Waals surface area contributed by atoms with Crippen molar-refractivity contribution in [3.05, 3.63) is 64.7 Å².